The van der Waals surface area contributed by atoms with Gasteiger partial charge in [0, 0.05) is 29.2 Å². The average molecular weight is 411 g/mol. The first-order valence-corrected chi connectivity index (χ1v) is 9.07. The zero-order chi connectivity index (χ0) is 20.5. The second kappa shape index (κ2) is 7.83. The summed E-state index contributed by atoms with van der Waals surface area (Å²) < 4.78 is 39.1. The summed E-state index contributed by atoms with van der Waals surface area (Å²) in [4.78, 5) is 27.9. The summed E-state index contributed by atoms with van der Waals surface area (Å²) in [5.41, 5.74) is 0.197. The summed E-state index contributed by atoms with van der Waals surface area (Å²) in [7, 11) is 0. The van der Waals surface area contributed by atoms with Crippen LogP contribution >= 0.6 is 11.6 Å². The number of amides is 2. The number of alkyl halides is 3. The summed E-state index contributed by atoms with van der Waals surface area (Å²) in [6.45, 7) is 2.24. The summed E-state index contributed by atoms with van der Waals surface area (Å²) >= 11 is 6.17. The van der Waals surface area contributed by atoms with Gasteiger partial charge in [-0.3, -0.25) is 14.5 Å². The molecule has 2 aromatic carbocycles. The van der Waals surface area contributed by atoms with Gasteiger partial charge >= 0.3 is 6.18 Å². The Labute approximate surface area is 165 Å². The first-order chi connectivity index (χ1) is 13.2. The molecule has 4 nitrogen and oxygen atoms in total. The number of aryl methyl sites for hydroxylation is 1. The van der Waals surface area contributed by atoms with Crippen LogP contribution in [0.3, 0.4) is 0 Å². The Balaban J connectivity index is 1.99. The normalized spacial score (nSPS) is 14.5. The lowest BCUT2D eigenvalue weighted by Crippen LogP contribution is -2.42. The Kier molecular flexibility index (Phi) is 5.65. The van der Waals surface area contributed by atoms with Crippen LogP contribution < -0.4 is 4.90 Å². The van der Waals surface area contributed by atoms with Gasteiger partial charge in [-0.2, -0.15) is 13.2 Å². The van der Waals surface area contributed by atoms with Crippen molar-refractivity contribution >= 4 is 29.1 Å². The van der Waals surface area contributed by atoms with Gasteiger partial charge in [0.2, 0.25) is 5.91 Å². The largest absolute Gasteiger partial charge is 0.416 e. The summed E-state index contributed by atoms with van der Waals surface area (Å²) in [5, 5.41) is 0.423. The molecule has 0 atom stereocenters. The number of anilines is 1. The Bertz CT molecular complexity index is 915. The van der Waals surface area contributed by atoms with Gasteiger partial charge in [-0.15, -0.1) is 0 Å². The first-order valence-electron chi connectivity index (χ1n) is 8.70. The fourth-order valence-electron chi connectivity index (χ4n) is 3.02. The van der Waals surface area contributed by atoms with E-state index < -0.39 is 17.6 Å². The van der Waals surface area contributed by atoms with Gasteiger partial charge < -0.3 is 4.90 Å². The molecule has 1 saturated heterocycles. The minimum Gasteiger partial charge on any atom is -0.324 e. The third-order valence-corrected chi connectivity index (χ3v) is 5.04. The number of rotatable bonds is 4. The van der Waals surface area contributed by atoms with Crippen LogP contribution in [-0.4, -0.2) is 29.9 Å². The van der Waals surface area contributed by atoms with E-state index in [9.17, 15) is 22.8 Å². The second-order valence-corrected chi connectivity index (χ2v) is 7.05. The zero-order valence-electron chi connectivity index (χ0n) is 15.1. The van der Waals surface area contributed by atoms with Gasteiger partial charge in [-0.05, 0) is 49.2 Å². The second-order valence-electron chi connectivity index (χ2n) is 6.65. The molecule has 0 saturated carbocycles. The van der Waals surface area contributed by atoms with Crippen molar-refractivity contribution in [3.05, 3.63) is 64.2 Å². The molecule has 0 bridgehead atoms. The van der Waals surface area contributed by atoms with E-state index in [-0.39, 0.29) is 18.1 Å². The van der Waals surface area contributed by atoms with Crippen LogP contribution in [0.5, 0.6) is 0 Å². The number of carbonyl (C=O) groups excluding carboxylic acids is 2. The number of hydrogen-bond acceptors (Lipinski definition) is 2. The quantitative estimate of drug-likeness (QED) is 0.719. The molecule has 0 radical (unpaired) electrons. The highest BCUT2D eigenvalue weighted by Crippen LogP contribution is 2.31. The van der Waals surface area contributed by atoms with Crippen LogP contribution in [0, 0.1) is 6.92 Å². The van der Waals surface area contributed by atoms with E-state index in [1.54, 1.807) is 25.1 Å². The monoisotopic (exact) mass is 410 g/mol. The van der Waals surface area contributed by atoms with E-state index in [0.717, 1.165) is 17.7 Å². The third-order valence-electron chi connectivity index (χ3n) is 4.63. The van der Waals surface area contributed by atoms with Crippen molar-refractivity contribution in [3.8, 4) is 0 Å². The lowest BCUT2D eigenvalue weighted by molar-refractivity contribution is -0.137. The molecule has 0 N–H and O–H groups in total. The van der Waals surface area contributed by atoms with E-state index in [0.29, 0.717) is 30.1 Å². The molecule has 0 unspecified atom stereocenters. The smallest absolute Gasteiger partial charge is 0.324 e. The van der Waals surface area contributed by atoms with Crippen molar-refractivity contribution in [2.45, 2.75) is 25.9 Å². The molecule has 0 aromatic heterocycles. The molecule has 0 aliphatic carbocycles. The predicted octanol–water partition coefficient (Wildman–Crippen LogP) is 4.89. The lowest BCUT2D eigenvalue weighted by atomic mass is 10.1. The van der Waals surface area contributed by atoms with Crippen molar-refractivity contribution in [2.24, 2.45) is 0 Å². The Morgan fingerprint density at radius 3 is 2.57 bits per heavy atom. The molecule has 0 spiro atoms. The summed E-state index contributed by atoms with van der Waals surface area (Å²) in [5.74, 6) is -0.731. The zero-order valence-corrected chi connectivity index (χ0v) is 15.8. The summed E-state index contributed by atoms with van der Waals surface area (Å²) in [6.07, 6.45) is -3.49. The topological polar surface area (TPSA) is 40.6 Å². The number of carbonyl (C=O) groups is 2. The SMILES string of the molecule is Cc1ccc(N(CN2CCCC2=O)C(=O)c2cccc(C(F)(F)F)c2)cc1Cl. The average Bonchev–Trinajstić information content (AvgIpc) is 3.05. The number of likely N-dealkylation sites (tertiary alicyclic amines) is 1. The molecule has 28 heavy (non-hydrogen) atoms. The maximum absolute atomic E-state index is 13.1. The molecular weight excluding hydrogens is 393 g/mol. The van der Waals surface area contributed by atoms with Crippen molar-refractivity contribution in [3.63, 3.8) is 0 Å². The standard InChI is InChI=1S/C20H18ClF3N2O2/c1-13-7-8-16(11-17(13)21)26(12-25-9-3-6-18(25)27)19(28)14-4-2-5-15(10-14)20(22,23)24/h2,4-5,7-8,10-11H,3,6,9,12H2,1H3. The van der Waals surface area contributed by atoms with E-state index in [1.165, 1.54) is 21.9 Å². The molecule has 1 heterocycles. The molecule has 2 amide bonds. The fraction of sp³-hybridized carbons (Fsp3) is 0.300. The van der Waals surface area contributed by atoms with Crippen LogP contribution in [0.25, 0.3) is 0 Å². The molecule has 148 valence electrons. The van der Waals surface area contributed by atoms with Gasteiger partial charge in [0.25, 0.3) is 5.91 Å². The summed E-state index contributed by atoms with van der Waals surface area (Å²) in [6, 6.07) is 9.19. The minimum atomic E-state index is -4.56. The van der Waals surface area contributed by atoms with Crippen molar-refractivity contribution in [2.75, 3.05) is 18.1 Å². The molecule has 3 rings (SSSR count). The van der Waals surface area contributed by atoms with Crippen LogP contribution in [0.2, 0.25) is 5.02 Å². The number of hydrogen-bond donors (Lipinski definition) is 0. The maximum atomic E-state index is 13.1. The Morgan fingerprint density at radius 2 is 1.96 bits per heavy atom. The highest BCUT2D eigenvalue weighted by Gasteiger charge is 2.32. The fourth-order valence-corrected chi connectivity index (χ4v) is 3.20. The minimum absolute atomic E-state index is 0.0483. The number of benzene rings is 2. The van der Waals surface area contributed by atoms with Crippen LogP contribution in [0.1, 0.15) is 34.3 Å². The van der Waals surface area contributed by atoms with Gasteiger partial charge in [-0.1, -0.05) is 23.7 Å². The highest BCUT2D eigenvalue weighted by molar-refractivity contribution is 6.31. The molecular formula is C20H18ClF3N2O2. The van der Waals surface area contributed by atoms with Crippen LogP contribution in [0.15, 0.2) is 42.5 Å². The molecule has 1 aliphatic rings. The van der Waals surface area contributed by atoms with E-state index in [4.69, 9.17) is 11.6 Å². The van der Waals surface area contributed by atoms with Gasteiger partial charge in [-0.25, -0.2) is 0 Å². The Morgan fingerprint density at radius 1 is 1.21 bits per heavy atom. The molecule has 8 heteroatoms. The lowest BCUT2D eigenvalue weighted by Gasteiger charge is -2.28. The van der Waals surface area contributed by atoms with Crippen molar-refractivity contribution in [1.29, 1.82) is 0 Å². The molecule has 1 aliphatic heterocycles. The predicted molar refractivity (Wildman–Crippen MR) is 100 cm³/mol. The first kappa shape index (κ1) is 20.2. The third kappa shape index (κ3) is 4.30. The highest BCUT2D eigenvalue weighted by atomic mass is 35.5. The number of halogens is 4. The van der Waals surface area contributed by atoms with E-state index >= 15 is 0 Å². The van der Waals surface area contributed by atoms with Crippen LogP contribution in [0.4, 0.5) is 18.9 Å². The maximum Gasteiger partial charge on any atom is 0.416 e. The van der Waals surface area contributed by atoms with E-state index in [2.05, 4.69) is 0 Å². The van der Waals surface area contributed by atoms with Gasteiger partial charge in [0.05, 0.1) is 5.56 Å². The number of nitrogens with zero attached hydrogens (tertiary/aromatic N) is 2. The van der Waals surface area contributed by atoms with Crippen molar-refractivity contribution in [1.82, 2.24) is 4.90 Å². The molecule has 2 aromatic rings. The Hall–Kier alpha value is -2.54. The van der Waals surface area contributed by atoms with Gasteiger partial charge in [0.15, 0.2) is 0 Å². The van der Waals surface area contributed by atoms with Crippen molar-refractivity contribution < 1.29 is 22.8 Å². The van der Waals surface area contributed by atoms with Gasteiger partial charge in [0.1, 0.15) is 6.67 Å². The molecule has 1 fully saturated rings. The van der Waals surface area contributed by atoms with E-state index in [1.807, 2.05) is 0 Å². The van der Waals surface area contributed by atoms with Crippen LogP contribution in [-0.2, 0) is 11.0 Å².